The van der Waals surface area contributed by atoms with Crippen molar-refractivity contribution in [3.05, 3.63) is 47.7 Å². The Bertz CT molecular complexity index is 612. The molecule has 0 radical (unpaired) electrons. The van der Waals surface area contributed by atoms with Crippen LogP contribution in [0.1, 0.15) is 11.1 Å². The molecule has 0 fully saturated rings. The zero-order valence-corrected chi connectivity index (χ0v) is 10.6. The van der Waals surface area contributed by atoms with Crippen molar-refractivity contribution in [3.8, 4) is 17.0 Å². The molecule has 1 heterocycles. The normalized spacial score (nSPS) is 11.4. The Morgan fingerprint density at radius 2 is 2.00 bits per heavy atom. The van der Waals surface area contributed by atoms with Crippen LogP contribution in [0, 0.1) is 0 Å². The van der Waals surface area contributed by atoms with Crippen LogP contribution >= 0.6 is 0 Å². The third-order valence-electron chi connectivity index (χ3n) is 2.78. The van der Waals surface area contributed by atoms with E-state index in [2.05, 4.69) is 4.98 Å². The summed E-state index contributed by atoms with van der Waals surface area (Å²) in [6.07, 6.45) is -2.99. The van der Waals surface area contributed by atoms with Crippen LogP contribution in [-0.2, 0) is 12.8 Å². The summed E-state index contributed by atoms with van der Waals surface area (Å²) in [6.45, 7) is -0.473. The second-order valence-corrected chi connectivity index (χ2v) is 4.13. The highest BCUT2D eigenvalue weighted by Gasteiger charge is 2.31. The van der Waals surface area contributed by atoms with E-state index in [1.54, 1.807) is 12.1 Å². The molecule has 3 nitrogen and oxygen atoms in total. The van der Waals surface area contributed by atoms with Crippen molar-refractivity contribution >= 4 is 0 Å². The Hall–Kier alpha value is -2.08. The summed E-state index contributed by atoms with van der Waals surface area (Å²) in [5, 5.41) is 9.11. The van der Waals surface area contributed by atoms with E-state index in [0.717, 1.165) is 12.1 Å². The van der Waals surface area contributed by atoms with Crippen molar-refractivity contribution in [2.75, 3.05) is 7.11 Å². The van der Waals surface area contributed by atoms with Gasteiger partial charge in [0.2, 0.25) is 5.88 Å². The van der Waals surface area contributed by atoms with Gasteiger partial charge < -0.3 is 9.84 Å². The van der Waals surface area contributed by atoms with E-state index in [4.69, 9.17) is 9.84 Å². The fraction of sp³-hybridized carbons (Fsp3) is 0.214. The Kier molecular flexibility index (Phi) is 3.94. The molecular formula is C14H12F3NO2. The van der Waals surface area contributed by atoms with Crippen LogP contribution in [0.15, 0.2) is 36.5 Å². The van der Waals surface area contributed by atoms with E-state index < -0.39 is 18.3 Å². The van der Waals surface area contributed by atoms with Crippen LogP contribution in [0.3, 0.4) is 0 Å². The van der Waals surface area contributed by atoms with Gasteiger partial charge in [0.15, 0.2) is 0 Å². The van der Waals surface area contributed by atoms with Crippen LogP contribution in [0.4, 0.5) is 13.2 Å². The summed E-state index contributed by atoms with van der Waals surface area (Å²) in [4.78, 5) is 3.95. The highest BCUT2D eigenvalue weighted by molar-refractivity contribution is 5.70. The molecule has 0 aliphatic rings. The smallest absolute Gasteiger partial charge is 0.416 e. The third kappa shape index (κ3) is 2.91. The van der Waals surface area contributed by atoms with Gasteiger partial charge in [-0.25, -0.2) is 4.98 Å². The highest BCUT2D eigenvalue weighted by atomic mass is 19.4. The molecule has 0 aliphatic heterocycles. The highest BCUT2D eigenvalue weighted by Crippen LogP contribution is 2.35. The van der Waals surface area contributed by atoms with Crippen molar-refractivity contribution < 1.29 is 23.0 Å². The third-order valence-corrected chi connectivity index (χ3v) is 2.78. The van der Waals surface area contributed by atoms with Gasteiger partial charge in [-0.15, -0.1) is 0 Å². The second kappa shape index (κ2) is 5.50. The van der Waals surface area contributed by atoms with E-state index in [0.29, 0.717) is 11.1 Å². The topological polar surface area (TPSA) is 42.4 Å². The number of halogens is 3. The average Bonchev–Trinajstić information content (AvgIpc) is 2.45. The van der Waals surface area contributed by atoms with Gasteiger partial charge in [-0.1, -0.05) is 0 Å². The Morgan fingerprint density at radius 3 is 2.60 bits per heavy atom. The molecule has 6 heteroatoms. The number of aromatic nitrogens is 1. The Balaban J connectivity index is 2.62. The molecule has 0 bridgehead atoms. The van der Waals surface area contributed by atoms with Gasteiger partial charge in [-0.2, -0.15) is 13.2 Å². The van der Waals surface area contributed by atoms with Gasteiger partial charge >= 0.3 is 6.18 Å². The predicted octanol–water partition coefficient (Wildman–Crippen LogP) is 3.27. The number of pyridine rings is 1. The number of aliphatic hydroxyl groups is 1. The van der Waals surface area contributed by atoms with Crippen molar-refractivity contribution in [2.45, 2.75) is 12.8 Å². The fourth-order valence-electron chi connectivity index (χ4n) is 1.88. The van der Waals surface area contributed by atoms with E-state index in [9.17, 15) is 13.2 Å². The number of nitrogens with zero attached hydrogens (tertiary/aromatic N) is 1. The SMILES string of the molecule is COc1ncccc1-c1cc(CO)cc(C(F)(F)F)c1. The first-order chi connectivity index (χ1) is 9.45. The molecule has 0 aliphatic carbocycles. The van der Waals surface area contributed by atoms with Gasteiger partial charge in [-0.3, -0.25) is 0 Å². The zero-order chi connectivity index (χ0) is 14.8. The molecule has 20 heavy (non-hydrogen) atoms. The Labute approximate surface area is 113 Å². The van der Waals surface area contributed by atoms with Crippen molar-refractivity contribution in [1.82, 2.24) is 4.98 Å². The molecule has 0 spiro atoms. The van der Waals surface area contributed by atoms with Crippen LogP contribution < -0.4 is 4.74 Å². The number of hydrogen-bond acceptors (Lipinski definition) is 3. The summed E-state index contributed by atoms with van der Waals surface area (Å²) in [6, 6.07) is 6.64. The van der Waals surface area contributed by atoms with E-state index in [1.807, 2.05) is 0 Å². The van der Waals surface area contributed by atoms with E-state index in [-0.39, 0.29) is 11.4 Å². The molecule has 2 rings (SSSR count). The number of hydrogen-bond donors (Lipinski definition) is 1. The minimum absolute atomic E-state index is 0.181. The summed E-state index contributed by atoms with van der Waals surface area (Å²) in [7, 11) is 1.40. The van der Waals surface area contributed by atoms with Crippen molar-refractivity contribution in [3.63, 3.8) is 0 Å². The molecule has 0 saturated carbocycles. The lowest BCUT2D eigenvalue weighted by Gasteiger charge is -2.13. The number of alkyl halides is 3. The zero-order valence-electron chi connectivity index (χ0n) is 10.6. The lowest BCUT2D eigenvalue weighted by Crippen LogP contribution is -2.06. The molecular weight excluding hydrogens is 271 g/mol. The maximum Gasteiger partial charge on any atom is 0.416 e. The number of rotatable bonds is 3. The molecule has 1 N–H and O–H groups in total. The van der Waals surface area contributed by atoms with Gasteiger partial charge in [0, 0.05) is 11.8 Å². The molecule has 0 unspecified atom stereocenters. The molecule has 2 aromatic rings. The first kappa shape index (κ1) is 14.3. The van der Waals surface area contributed by atoms with Gasteiger partial charge in [0.05, 0.1) is 19.3 Å². The average molecular weight is 283 g/mol. The predicted molar refractivity (Wildman–Crippen MR) is 67.1 cm³/mol. The first-order valence-electron chi connectivity index (χ1n) is 5.77. The lowest BCUT2D eigenvalue weighted by atomic mass is 10.0. The Morgan fingerprint density at radius 1 is 1.25 bits per heavy atom. The van der Waals surface area contributed by atoms with E-state index >= 15 is 0 Å². The second-order valence-electron chi connectivity index (χ2n) is 4.13. The summed E-state index contributed by atoms with van der Waals surface area (Å²) >= 11 is 0. The monoisotopic (exact) mass is 283 g/mol. The van der Waals surface area contributed by atoms with Gasteiger partial charge in [0.25, 0.3) is 0 Å². The van der Waals surface area contributed by atoms with Crippen molar-refractivity contribution in [2.24, 2.45) is 0 Å². The van der Waals surface area contributed by atoms with Crippen LogP contribution in [0.25, 0.3) is 11.1 Å². The number of ether oxygens (including phenoxy) is 1. The molecule has 0 atom stereocenters. The fourth-order valence-corrected chi connectivity index (χ4v) is 1.88. The molecule has 0 amide bonds. The minimum atomic E-state index is -4.48. The largest absolute Gasteiger partial charge is 0.481 e. The summed E-state index contributed by atoms with van der Waals surface area (Å²) in [5.74, 6) is 0.232. The van der Waals surface area contributed by atoms with Crippen molar-refractivity contribution in [1.29, 1.82) is 0 Å². The van der Waals surface area contributed by atoms with Gasteiger partial charge in [-0.05, 0) is 41.5 Å². The number of benzene rings is 1. The van der Waals surface area contributed by atoms with Crippen LogP contribution in [0.5, 0.6) is 5.88 Å². The molecule has 106 valence electrons. The minimum Gasteiger partial charge on any atom is -0.481 e. The molecule has 1 aromatic carbocycles. The summed E-state index contributed by atoms with van der Waals surface area (Å²) in [5.41, 5.74) is 0.107. The lowest BCUT2D eigenvalue weighted by molar-refractivity contribution is -0.137. The molecule has 1 aromatic heterocycles. The van der Waals surface area contributed by atoms with Crippen LogP contribution in [-0.4, -0.2) is 17.2 Å². The maximum atomic E-state index is 12.9. The number of methoxy groups -OCH3 is 1. The first-order valence-corrected chi connectivity index (χ1v) is 5.77. The standard InChI is InChI=1S/C14H12F3NO2/c1-20-13-12(3-2-4-18-13)10-5-9(8-19)6-11(7-10)14(15,16)17/h2-7,19H,8H2,1H3. The van der Waals surface area contributed by atoms with Crippen LogP contribution in [0.2, 0.25) is 0 Å². The summed E-state index contributed by atoms with van der Waals surface area (Å²) < 4.78 is 43.6. The molecule has 0 saturated heterocycles. The quantitative estimate of drug-likeness (QED) is 0.940. The number of aliphatic hydroxyl groups excluding tert-OH is 1. The maximum absolute atomic E-state index is 12.9. The van der Waals surface area contributed by atoms with E-state index in [1.165, 1.54) is 19.4 Å². The van der Waals surface area contributed by atoms with Gasteiger partial charge in [0.1, 0.15) is 0 Å².